The summed E-state index contributed by atoms with van der Waals surface area (Å²) >= 11 is 0. The Morgan fingerprint density at radius 2 is 2.11 bits per heavy atom. The van der Waals surface area contributed by atoms with Crippen LogP contribution in [0.3, 0.4) is 0 Å². The standard InChI is InChI=1S/C13H21NO3S/c1-17-8-7-14-9-13(15)11-18(16)10-12-5-3-2-4-6-12/h2-6,13-15H,7-11H2,1H3. The van der Waals surface area contributed by atoms with Crippen LogP contribution in [0.5, 0.6) is 0 Å². The third kappa shape index (κ3) is 6.86. The Morgan fingerprint density at radius 3 is 2.78 bits per heavy atom. The van der Waals surface area contributed by atoms with E-state index in [0.717, 1.165) is 5.56 Å². The normalized spacial score (nSPS) is 14.3. The maximum atomic E-state index is 11.8. The third-order valence-electron chi connectivity index (χ3n) is 2.41. The van der Waals surface area contributed by atoms with Gasteiger partial charge in [0.05, 0.1) is 18.5 Å². The number of aliphatic hydroxyl groups is 1. The van der Waals surface area contributed by atoms with Crippen molar-refractivity contribution in [3.05, 3.63) is 35.9 Å². The summed E-state index contributed by atoms with van der Waals surface area (Å²) in [5, 5.41) is 12.7. The van der Waals surface area contributed by atoms with Crippen molar-refractivity contribution in [2.24, 2.45) is 0 Å². The van der Waals surface area contributed by atoms with Crippen molar-refractivity contribution in [3.63, 3.8) is 0 Å². The third-order valence-corrected chi connectivity index (χ3v) is 3.82. The summed E-state index contributed by atoms with van der Waals surface area (Å²) in [5.74, 6) is 0.796. The van der Waals surface area contributed by atoms with Crippen LogP contribution in [0.4, 0.5) is 0 Å². The Kier molecular flexibility index (Phi) is 7.84. The number of hydrogen-bond donors (Lipinski definition) is 2. The van der Waals surface area contributed by atoms with Crippen molar-refractivity contribution in [3.8, 4) is 0 Å². The van der Waals surface area contributed by atoms with Crippen LogP contribution >= 0.6 is 0 Å². The van der Waals surface area contributed by atoms with Gasteiger partial charge in [-0.2, -0.15) is 0 Å². The maximum absolute atomic E-state index is 11.8. The minimum atomic E-state index is -1.03. The molecule has 0 aliphatic rings. The fraction of sp³-hybridized carbons (Fsp3) is 0.538. The van der Waals surface area contributed by atoms with Gasteiger partial charge < -0.3 is 15.2 Å². The first-order chi connectivity index (χ1) is 8.72. The summed E-state index contributed by atoms with van der Waals surface area (Å²) in [5.41, 5.74) is 1.04. The molecule has 18 heavy (non-hydrogen) atoms. The summed E-state index contributed by atoms with van der Waals surface area (Å²) in [6.07, 6.45) is -0.577. The highest BCUT2D eigenvalue weighted by Gasteiger charge is 2.09. The molecule has 0 heterocycles. The molecular weight excluding hydrogens is 250 g/mol. The van der Waals surface area contributed by atoms with Gasteiger partial charge in [-0.25, -0.2) is 0 Å². The Balaban J connectivity index is 2.19. The molecule has 0 saturated heterocycles. The molecule has 2 unspecified atom stereocenters. The van der Waals surface area contributed by atoms with Gasteiger partial charge >= 0.3 is 0 Å². The predicted octanol–water partition coefficient (Wildman–Crippen LogP) is 0.532. The molecule has 0 spiro atoms. The van der Waals surface area contributed by atoms with Crippen molar-refractivity contribution in [1.82, 2.24) is 5.32 Å². The van der Waals surface area contributed by atoms with Gasteiger partial charge in [0.2, 0.25) is 0 Å². The monoisotopic (exact) mass is 271 g/mol. The average molecular weight is 271 g/mol. The Bertz CT molecular complexity index is 345. The predicted molar refractivity (Wildman–Crippen MR) is 73.9 cm³/mol. The zero-order valence-electron chi connectivity index (χ0n) is 10.7. The van der Waals surface area contributed by atoms with Gasteiger partial charge in [-0.1, -0.05) is 30.3 Å². The highest BCUT2D eigenvalue weighted by Crippen LogP contribution is 2.03. The van der Waals surface area contributed by atoms with Gasteiger partial charge in [-0.15, -0.1) is 0 Å². The highest BCUT2D eigenvalue weighted by atomic mass is 32.2. The van der Waals surface area contributed by atoms with Crippen LogP contribution in [0.1, 0.15) is 5.56 Å². The quantitative estimate of drug-likeness (QED) is 0.643. The van der Waals surface area contributed by atoms with Crippen LogP contribution in [0.2, 0.25) is 0 Å². The number of aliphatic hydroxyl groups excluding tert-OH is 1. The Morgan fingerprint density at radius 1 is 1.39 bits per heavy atom. The molecule has 0 radical (unpaired) electrons. The van der Waals surface area contributed by atoms with Crippen molar-refractivity contribution >= 4 is 10.8 Å². The molecule has 0 aliphatic heterocycles. The van der Waals surface area contributed by atoms with Crippen molar-refractivity contribution in [1.29, 1.82) is 0 Å². The summed E-state index contributed by atoms with van der Waals surface area (Å²) in [6.45, 7) is 1.75. The van der Waals surface area contributed by atoms with E-state index in [1.54, 1.807) is 7.11 Å². The lowest BCUT2D eigenvalue weighted by molar-refractivity contribution is 0.174. The summed E-state index contributed by atoms with van der Waals surface area (Å²) in [4.78, 5) is 0. The van der Waals surface area contributed by atoms with Crippen LogP contribution in [-0.2, 0) is 21.3 Å². The van der Waals surface area contributed by atoms with E-state index >= 15 is 0 Å². The van der Waals surface area contributed by atoms with Crippen molar-refractivity contribution in [2.45, 2.75) is 11.9 Å². The molecule has 1 rings (SSSR count). The van der Waals surface area contributed by atoms with E-state index in [1.165, 1.54) is 0 Å². The SMILES string of the molecule is COCCNCC(O)CS(=O)Cc1ccccc1. The second kappa shape index (κ2) is 9.22. The van der Waals surface area contributed by atoms with E-state index in [-0.39, 0.29) is 0 Å². The van der Waals surface area contributed by atoms with Crippen molar-refractivity contribution < 1.29 is 14.1 Å². The van der Waals surface area contributed by atoms with E-state index < -0.39 is 16.9 Å². The van der Waals surface area contributed by atoms with Gasteiger partial charge in [0.1, 0.15) is 0 Å². The lowest BCUT2D eigenvalue weighted by Gasteiger charge is -2.11. The molecule has 0 amide bonds. The van der Waals surface area contributed by atoms with Crippen LogP contribution in [-0.4, -0.2) is 48.0 Å². The highest BCUT2D eigenvalue weighted by molar-refractivity contribution is 7.84. The number of rotatable bonds is 9. The number of methoxy groups -OCH3 is 1. The number of nitrogens with one attached hydrogen (secondary N) is 1. The topological polar surface area (TPSA) is 58.6 Å². The zero-order chi connectivity index (χ0) is 13.2. The van der Waals surface area contributed by atoms with Gasteiger partial charge in [0.15, 0.2) is 0 Å². The minimum Gasteiger partial charge on any atom is -0.391 e. The van der Waals surface area contributed by atoms with Crippen LogP contribution in [0, 0.1) is 0 Å². The van der Waals surface area contributed by atoms with E-state index in [0.29, 0.717) is 31.2 Å². The Labute approximate surface area is 111 Å². The second-order valence-electron chi connectivity index (χ2n) is 4.09. The van der Waals surface area contributed by atoms with Crippen LogP contribution in [0.15, 0.2) is 30.3 Å². The molecule has 2 N–H and O–H groups in total. The molecule has 1 aromatic carbocycles. The van der Waals surface area contributed by atoms with Gasteiger partial charge in [-0.05, 0) is 5.56 Å². The largest absolute Gasteiger partial charge is 0.391 e. The second-order valence-corrected chi connectivity index (χ2v) is 5.59. The molecule has 0 aromatic heterocycles. The first-order valence-electron chi connectivity index (χ1n) is 5.99. The molecule has 1 aromatic rings. The first-order valence-corrected chi connectivity index (χ1v) is 7.48. The molecule has 4 nitrogen and oxygen atoms in total. The molecule has 0 aliphatic carbocycles. The average Bonchev–Trinajstić information content (AvgIpc) is 2.35. The molecule has 0 saturated carbocycles. The van der Waals surface area contributed by atoms with Crippen molar-refractivity contribution in [2.75, 3.05) is 32.6 Å². The lowest BCUT2D eigenvalue weighted by Crippen LogP contribution is -2.33. The van der Waals surface area contributed by atoms with E-state index in [1.807, 2.05) is 30.3 Å². The van der Waals surface area contributed by atoms with E-state index in [4.69, 9.17) is 4.74 Å². The maximum Gasteiger partial charge on any atom is 0.0779 e. The summed E-state index contributed by atoms with van der Waals surface area (Å²) < 4.78 is 16.7. The molecular formula is C13H21NO3S. The smallest absolute Gasteiger partial charge is 0.0779 e. The molecule has 5 heteroatoms. The van der Waals surface area contributed by atoms with Gasteiger partial charge in [-0.3, -0.25) is 4.21 Å². The molecule has 0 fully saturated rings. The zero-order valence-corrected chi connectivity index (χ0v) is 11.5. The summed E-state index contributed by atoms with van der Waals surface area (Å²) in [7, 11) is 0.602. The first kappa shape index (κ1) is 15.3. The Hall–Kier alpha value is -0.750. The van der Waals surface area contributed by atoms with Crippen LogP contribution in [0.25, 0.3) is 0 Å². The molecule has 0 bridgehead atoms. The number of benzene rings is 1. The van der Waals surface area contributed by atoms with Crippen LogP contribution < -0.4 is 5.32 Å². The molecule has 102 valence electrons. The van der Waals surface area contributed by atoms with E-state index in [2.05, 4.69) is 5.32 Å². The van der Waals surface area contributed by atoms with E-state index in [9.17, 15) is 9.32 Å². The molecule has 2 atom stereocenters. The lowest BCUT2D eigenvalue weighted by atomic mass is 10.2. The van der Waals surface area contributed by atoms with Gasteiger partial charge in [0.25, 0.3) is 0 Å². The fourth-order valence-corrected chi connectivity index (χ4v) is 2.76. The van der Waals surface area contributed by atoms with Gasteiger partial charge in [0, 0.05) is 36.8 Å². The summed E-state index contributed by atoms with van der Waals surface area (Å²) in [6, 6.07) is 9.67. The fourth-order valence-electron chi connectivity index (χ4n) is 1.54. The number of ether oxygens (including phenoxy) is 1. The number of hydrogen-bond acceptors (Lipinski definition) is 4. The minimum absolute atomic E-state index is 0.300.